The summed E-state index contributed by atoms with van der Waals surface area (Å²) >= 11 is 0. The summed E-state index contributed by atoms with van der Waals surface area (Å²) in [5.74, 6) is -1.30. The molecular weight excluding hydrogens is 220 g/mol. The fourth-order valence-electron chi connectivity index (χ4n) is 1.22. The Morgan fingerprint density at radius 1 is 1.56 bits per heavy atom. The van der Waals surface area contributed by atoms with Gasteiger partial charge in [0.1, 0.15) is 0 Å². The van der Waals surface area contributed by atoms with E-state index in [1.807, 2.05) is 5.48 Å². The quantitative estimate of drug-likeness (QED) is 0.404. The lowest BCUT2D eigenvalue weighted by Gasteiger charge is -2.06. The number of aromatic carboxylic acids is 1. The molecule has 3 N–H and O–H groups in total. The molecule has 0 heterocycles. The third-order valence-electron chi connectivity index (χ3n) is 1.97. The first-order chi connectivity index (χ1) is 7.47. The summed E-state index contributed by atoms with van der Waals surface area (Å²) in [5.41, 5.74) is 1.29. The van der Waals surface area contributed by atoms with Gasteiger partial charge in [0.2, 0.25) is 0 Å². The Balaban J connectivity index is 3.38. The van der Waals surface area contributed by atoms with Crippen LogP contribution in [0.5, 0.6) is 0 Å². The summed E-state index contributed by atoms with van der Waals surface area (Å²) in [5, 5.41) is 27.6. The highest BCUT2D eigenvalue weighted by atomic mass is 17.2. The Morgan fingerprint density at radius 2 is 2.19 bits per heavy atom. The van der Waals surface area contributed by atoms with Gasteiger partial charge in [-0.05, 0) is 13.0 Å². The summed E-state index contributed by atoms with van der Waals surface area (Å²) in [4.78, 5) is 24.3. The van der Waals surface area contributed by atoms with Crippen molar-refractivity contribution in [3.63, 3.8) is 0 Å². The Labute approximate surface area is 89.1 Å². The van der Waals surface area contributed by atoms with Gasteiger partial charge >= 0.3 is 5.97 Å². The zero-order valence-corrected chi connectivity index (χ0v) is 8.13. The van der Waals surface area contributed by atoms with Gasteiger partial charge < -0.3 is 5.11 Å². The van der Waals surface area contributed by atoms with E-state index in [0.717, 1.165) is 12.1 Å². The van der Waals surface area contributed by atoms with E-state index >= 15 is 0 Å². The molecule has 0 amide bonds. The number of rotatable bonds is 4. The van der Waals surface area contributed by atoms with Crippen LogP contribution >= 0.6 is 0 Å². The molecule has 0 fully saturated rings. The molecular formula is C8H8N2O6. The van der Waals surface area contributed by atoms with Crippen LogP contribution in [0.1, 0.15) is 15.9 Å². The van der Waals surface area contributed by atoms with Crippen molar-refractivity contribution in [1.82, 2.24) is 0 Å². The number of carboxylic acid groups (broad SMARTS) is 1. The minimum atomic E-state index is -1.30. The van der Waals surface area contributed by atoms with Crippen LogP contribution in [-0.4, -0.2) is 21.3 Å². The third kappa shape index (κ3) is 2.24. The van der Waals surface area contributed by atoms with Crippen LogP contribution in [0.25, 0.3) is 0 Å². The normalized spacial score (nSPS) is 9.88. The highest BCUT2D eigenvalue weighted by molar-refractivity contribution is 5.92. The number of nitro groups is 1. The molecule has 1 aromatic carbocycles. The largest absolute Gasteiger partial charge is 0.478 e. The van der Waals surface area contributed by atoms with E-state index in [-0.39, 0.29) is 22.5 Å². The summed E-state index contributed by atoms with van der Waals surface area (Å²) in [6.45, 7) is 1.32. The van der Waals surface area contributed by atoms with Crippen LogP contribution in [0.15, 0.2) is 12.1 Å². The van der Waals surface area contributed by atoms with Crippen molar-refractivity contribution in [2.75, 3.05) is 5.48 Å². The van der Waals surface area contributed by atoms with Crippen LogP contribution in [-0.2, 0) is 4.99 Å². The zero-order valence-electron chi connectivity index (χ0n) is 8.13. The minimum absolute atomic E-state index is 0.0287. The molecule has 16 heavy (non-hydrogen) atoms. The van der Waals surface area contributed by atoms with Gasteiger partial charge in [0.15, 0.2) is 0 Å². The Kier molecular flexibility index (Phi) is 3.38. The zero-order chi connectivity index (χ0) is 12.3. The predicted molar refractivity (Wildman–Crippen MR) is 52.1 cm³/mol. The van der Waals surface area contributed by atoms with E-state index in [4.69, 9.17) is 10.4 Å². The molecule has 1 rings (SSSR count). The van der Waals surface area contributed by atoms with E-state index in [1.165, 1.54) is 6.92 Å². The van der Waals surface area contributed by atoms with Crippen molar-refractivity contribution in [3.8, 4) is 0 Å². The molecule has 1 aromatic rings. The lowest BCUT2D eigenvalue weighted by atomic mass is 10.1. The van der Waals surface area contributed by atoms with Gasteiger partial charge in [0.05, 0.1) is 16.2 Å². The summed E-state index contributed by atoms with van der Waals surface area (Å²) in [6, 6.07) is 2.17. The number of benzene rings is 1. The number of nitro benzene ring substituents is 1. The molecule has 0 bridgehead atoms. The molecule has 0 atom stereocenters. The average Bonchev–Trinajstić information content (AvgIpc) is 2.19. The number of carboxylic acids is 1. The maximum atomic E-state index is 10.8. The van der Waals surface area contributed by atoms with E-state index in [9.17, 15) is 14.9 Å². The SMILES string of the molecule is Cc1c(C(=O)O)cc(NOO)cc1[N+](=O)[O-]. The van der Waals surface area contributed by atoms with E-state index in [0.29, 0.717) is 0 Å². The predicted octanol–water partition coefficient (Wildman–Crippen LogP) is 1.42. The minimum Gasteiger partial charge on any atom is -0.478 e. The molecule has 0 radical (unpaired) electrons. The second kappa shape index (κ2) is 4.55. The molecule has 0 aromatic heterocycles. The number of anilines is 1. The third-order valence-corrected chi connectivity index (χ3v) is 1.97. The Morgan fingerprint density at radius 3 is 2.62 bits per heavy atom. The molecule has 0 spiro atoms. The van der Waals surface area contributed by atoms with Crippen molar-refractivity contribution in [1.29, 1.82) is 0 Å². The molecule has 0 unspecified atom stereocenters. The fourth-order valence-corrected chi connectivity index (χ4v) is 1.22. The number of hydrogen-bond donors (Lipinski definition) is 3. The highest BCUT2D eigenvalue weighted by Crippen LogP contribution is 2.26. The molecule has 86 valence electrons. The Bertz CT molecular complexity index is 409. The number of hydrogen-bond acceptors (Lipinski definition) is 6. The topological polar surface area (TPSA) is 122 Å². The molecule has 0 aliphatic rings. The van der Waals surface area contributed by atoms with Crippen molar-refractivity contribution < 1.29 is 25.1 Å². The van der Waals surface area contributed by atoms with Gasteiger partial charge in [0, 0.05) is 11.6 Å². The van der Waals surface area contributed by atoms with Crippen LogP contribution in [0.3, 0.4) is 0 Å². The van der Waals surface area contributed by atoms with Gasteiger partial charge in [0.25, 0.3) is 5.69 Å². The van der Waals surface area contributed by atoms with Crippen molar-refractivity contribution in [3.05, 3.63) is 33.4 Å². The fraction of sp³-hybridized carbons (Fsp3) is 0.125. The van der Waals surface area contributed by atoms with E-state index in [2.05, 4.69) is 4.99 Å². The standard InChI is InChI=1S/C8H8N2O6/c1-4-6(8(11)12)2-5(9-16-15)3-7(4)10(13)14/h2-3,9,15H,1H3,(H,11,12). The van der Waals surface area contributed by atoms with Gasteiger partial charge in [-0.25, -0.2) is 15.5 Å². The Hall–Kier alpha value is -2.19. The molecule has 0 aliphatic carbocycles. The highest BCUT2D eigenvalue weighted by Gasteiger charge is 2.19. The summed E-state index contributed by atoms with van der Waals surface area (Å²) in [7, 11) is 0. The van der Waals surface area contributed by atoms with Crippen molar-refractivity contribution >= 4 is 17.3 Å². The van der Waals surface area contributed by atoms with E-state index in [1.54, 1.807) is 0 Å². The maximum absolute atomic E-state index is 10.8. The lowest BCUT2D eigenvalue weighted by Crippen LogP contribution is -2.06. The lowest BCUT2D eigenvalue weighted by molar-refractivity contribution is -0.385. The molecule has 8 nitrogen and oxygen atoms in total. The van der Waals surface area contributed by atoms with Crippen LogP contribution in [0.2, 0.25) is 0 Å². The van der Waals surface area contributed by atoms with Crippen LogP contribution in [0.4, 0.5) is 11.4 Å². The monoisotopic (exact) mass is 228 g/mol. The van der Waals surface area contributed by atoms with Crippen LogP contribution in [0, 0.1) is 17.0 Å². The first kappa shape index (κ1) is 11.9. The second-order valence-corrected chi connectivity index (χ2v) is 2.92. The van der Waals surface area contributed by atoms with Crippen molar-refractivity contribution in [2.24, 2.45) is 0 Å². The number of carbonyl (C=O) groups is 1. The van der Waals surface area contributed by atoms with Crippen molar-refractivity contribution in [2.45, 2.75) is 6.92 Å². The maximum Gasteiger partial charge on any atom is 0.336 e. The smallest absolute Gasteiger partial charge is 0.336 e. The summed E-state index contributed by atoms with van der Waals surface area (Å²) < 4.78 is 0. The van der Waals surface area contributed by atoms with Gasteiger partial charge in [-0.1, -0.05) is 0 Å². The van der Waals surface area contributed by atoms with Gasteiger partial charge in [-0.15, -0.1) is 4.99 Å². The molecule has 8 heteroatoms. The second-order valence-electron chi connectivity index (χ2n) is 2.92. The first-order valence-electron chi connectivity index (χ1n) is 4.06. The molecule has 0 saturated carbocycles. The number of nitrogens with zero attached hydrogens (tertiary/aromatic N) is 1. The van der Waals surface area contributed by atoms with Gasteiger partial charge in [-0.3, -0.25) is 10.1 Å². The van der Waals surface area contributed by atoms with E-state index < -0.39 is 10.9 Å². The summed E-state index contributed by atoms with van der Waals surface area (Å²) in [6.07, 6.45) is 0. The first-order valence-corrected chi connectivity index (χ1v) is 4.06. The molecule has 0 saturated heterocycles. The number of nitrogens with one attached hydrogen (secondary N) is 1. The average molecular weight is 228 g/mol. The van der Waals surface area contributed by atoms with Gasteiger partial charge in [-0.2, -0.15) is 0 Å². The molecule has 0 aliphatic heterocycles. The van der Waals surface area contributed by atoms with Crippen LogP contribution < -0.4 is 5.48 Å².